The summed E-state index contributed by atoms with van der Waals surface area (Å²) >= 11 is 0. The van der Waals surface area contributed by atoms with Crippen LogP contribution in [0.15, 0.2) is 29.1 Å². The van der Waals surface area contributed by atoms with Gasteiger partial charge in [-0.3, -0.25) is 4.79 Å². The van der Waals surface area contributed by atoms with E-state index in [-0.39, 0.29) is 11.5 Å². The fraction of sp³-hybridized carbons (Fsp3) is 0.412. The van der Waals surface area contributed by atoms with Crippen molar-refractivity contribution in [2.45, 2.75) is 38.0 Å². The van der Waals surface area contributed by atoms with Gasteiger partial charge in [-0.2, -0.15) is 0 Å². The summed E-state index contributed by atoms with van der Waals surface area (Å²) in [5.74, 6) is 1.85. The summed E-state index contributed by atoms with van der Waals surface area (Å²) in [5.41, 5.74) is 3.08. The van der Waals surface area contributed by atoms with Crippen LogP contribution in [0.1, 0.15) is 47.8 Å². The van der Waals surface area contributed by atoms with E-state index in [4.69, 9.17) is 9.72 Å². The van der Waals surface area contributed by atoms with E-state index in [1.807, 2.05) is 18.2 Å². The van der Waals surface area contributed by atoms with E-state index in [9.17, 15) is 4.79 Å². The Morgan fingerprint density at radius 1 is 1.19 bits per heavy atom. The van der Waals surface area contributed by atoms with Crippen LogP contribution in [-0.2, 0) is 12.8 Å². The van der Waals surface area contributed by atoms with Crippen LogP contribution in [0.5, 0.6) is 5.75 Å². The van der Waals surface area contributed by atoms with Crippen molar-refractivity contribution in [2.75, 3.05) is 6.61 Å². The Bertz CT molecular complexity index is 736. The molecule has 1 aliphatic heterocycles. The van der Waals surface area contributed by atoms with Crippen LogP contribution in [-0.4, -0.2) is 16.6 Å². The second kappa shape index (κ2) is 5.02. The maximum Gasteiger partial charge on any atom is 0.254 e. The van der Waals surface area contributed by atoms with E-state index < -0.39 is 0 Å². The molecule has 2 aliphatic rings. The number of H-pyrrole nitrogens is 1. The Morgan fingerprint density at radius 2 is 2.05 bits per heavy atom. The lowest BCUT2D eigenvalue weighted by Crippen LogP contribution is -2.26. The molecule has 0 spiro atoms. The molecular formula is C17H18N2O2. The van der Waals surface area contributed by atoms with Crippen LogP contribution in [0, 0.1) is 0 Å². The monoisotopic (exact) mass is 282 g/mol. The van der Waals surface area contributed by atoms with Gasteiger partial charge in [-0.1, -0.05) is 18.2 Å². The summed E-state index contributed by atoms with van der Waals surface area (Å²) in [5, 5.41) is 0. The number of benzene rings is 1. The molecule has 1 unspecified atom stereocenters. The summed E-state index contributed by atoms with van der Waals surface area (Å²) in [7, 11) is 0. The number of hydrogen-bond acceptors (Lipinski definition) is 3. The molecule has 1 aromatic heterocycles. The first-order valence-electron chi connectivity index (χ1n) is 7.66. The minimum Gasteiger partial charge on any atom is -0.493 e. The zero-order valence-electron chi connectivity index (χ0n) is 11.9. The number of ether oxygens (including phenoxy) is 1. The lowest BCUT2D eigenvalue weighted by Gasteiger charge is -2.26. The molecular weight excluding hydrogens is 264 g/mol. The molecule has 0 saturated carbocycles. The number of rotatable bonds is 1. The topological polar surface area (TPSA) is 55.0 Å². The molecule has 1 aromatic carbocycles. The Labute approximate surface area is 123 Å². The number of hydrogen-bond donors (Lipinski definition) is 1. The van der Waals surface area contributed by atoms with Gasteiger partial charge in [0, 0.05) is 17.0 Å². The van der Waals surface area contributed by atoms with Gasteiger partial charge in [-0.05, 0) is 38.2 Å². The Kier molecular flexibility index (Phi) is 3.02. The smallest absolute Gasteiger partial charge is 0.254 e. The molecule has 0 amide bonds. The molecule has 1 N–H and O–H groups in total. The van der Waals surface area contributed by atoms with Gasteiger partial charge in [0.1, 0.15) is 11.6 Å². The van der Waals surface area contributed by atoms with Crippen LogP contribution in [0.3, 0.4) is 0 Å². The number of fused-ring (bicyclic) bond motifs is 2. The number of aromatic nitrogens is 2. The average Bonchev–Trinajstić information content (AvgIpc) is 2.54. The molecule has 0 saturated heterocycles. The third kappa shape index (κ3) is 2.15. The van der Waals surface area contributed by atoms with Crippen molar-refractivity contribution < 1.29 is 4.74 Å². The number of aryl methyl sites for hydroxylation is 1. The van der Waals surface area contributed by atoms with Crippen molar-refractivity contribution in [3.8, 4) is 5.75 Å². The summed E-state index contributed by atoms with van der Waals surface area (Å²) in [6, 6.07) is 8.04. The predicted octanol–water partition coefficient (Wildman–Crippen LogP) is 2.56. The molecule has 0 fully saturated rings. The van der Waals surface area contributed by atoms with Crippen molar-refractivity contribution in [1.82, 2.24) is 9.97 Å². The average molecular weight is 282 g/mol. The summed E-state index contributed by atoms with van der Waals surface area (Å²) in [6.45, 7) is 0.669. The minimum absolute atomic E-state index is 0.0543. The van der Waals surface area contributed by atoms with E-state index in [0.717, 1.165) is 60.5 Å². The molecule has 0 radical (unpaired) electrons. The van der Waals surface area contributed by atoms with Gasteiger partial charge in [0.05, 0.1) is 12.3 Å². The van der Waals surface area contributed by atoms with Crippen molar-refractivity contribution in [3.63, 3.8) is 0 Å². The van der Waals surface area contributed by atoms with Crippen molar-refractivity contribution in [3.05, 3.63) is 57.3 Å². The second-order valence-electron chi connectivity index (χ2n) is 5.81. The Balaban J connectivity index is 1.81. The molecule has 1 atom stereocenters. The predicted molar refractivity (Wildman–Crippen MR) is 79.9 cm³/mol. The van der Waals surface area contributed by atoms with Crippen molar-refractivity contribution in [2.24, 2.45) is 0 Å². The molecule has 4 heteroatoms. The maximum atomic E-state index is 12.3. The molecule has 1 aliphatic carbocycles. The minimum atomic E-state index is 0.0543. The van der Waals surface area contributed by atoms with Gasteiger partial charge in [-0.15, -0.1) is 0 Å². The van der Waals surface area contributed by atoms with Crippen molar-refractivity contribution in [1.29, 1.82) is 0 Å². The van der Waals surface area contributed by atoms with Gasteiger partial charge in [0.25, 0.3) is 5.56 Å². The summed E-state index contributed by atoms with van der Waals surface area (Å²) in [4.78, 5) is 20.1. The van der Waals surface area contributed by atoms with Gasteiger partial charge >= 0.3 is 0 Å². The van der Waals surface area contributed by atoms with Crippen LogP contribution in [0.4, 0.5) is 0 Å². The van der Waals surface area contributed by atoms with Crippen LogP contribution >= 0.6 is 0 Å². The van der Waals surface area contributed by atoms with Crippen LogP contribution in [0.25, 0.3) is 0 Å². The van der Waals surface area contributed by atoms with Crippen LogP contribution < -0.4 is 10.3 Å². The molecule has 2 heterocycles. The first kappa shape index (κ1) is 12.6. The first-order chi connectivity index (χ1) is 10.3. The number of nitrogens with one attached hydrogen (secondary N) is 1. The zero-order chi connectivity index (χ0) is 14.2. The van der Waals surface area contributed by atoms with Gasteiger partial charge in [-0.25, -0.2) is 4.98 Å². The molecule has 2 aromatic rings. The highest BCUT2D eigenvalue weighted by molar-refractivity contribution is 5.41. The third-order valence-electron chi connectivity index (χ3n) is 4.50. The lowest BCUT2D eigenvalue weighted by molar-refractivity contribution is 0.274. The van der Waals surface area contributed by atoms with Crippen LogP contribution in [0.2, 0.25) is 0 Å². The van der Waals surface area contributed by atoms with Gasteiger partial charge in [0.15, 0.2) is 0 Å². The normalized spacial score (nSPS) is 20.3. The maximum absolute atomic E-state index is 12.3. The number of para-hydroxylation sites is 1. The fourth-order valence-electron chi connectivity index (χ4n) is 3.41. The SMILES string of the molecule is O=c1[nH]c(C2CCOc3ccccc32)nc2c1CCCC2. The lowest BCUT2D eigenvalue weighted by atomic mass is 9.91. The number of aromatic amines is 1. The zero-order valence-corrected chi connectivity index (χ0v) is 11.9. The highest BCUT2D eigenvalue weighted by atomic mass is 16.5. The van der Waals surface area contributed by atoms with Crippen molar-refractivity contribution >= 4 is 0 Å². The van der Waals surface area contributed by atoms with E-state index in [0.29, 0.717) is 6.61 Å². The number of nitrogens with zero attached hydrogens (tertiary/aromatic N) is 1. The Hall–Kier alpha value is -2.10. The summed E-state index contributed by atoms with van der Waals surface area (Å²) < 4.78 is 5.70. The van der Waals surface area contributed by atoms with Gasteiger partial charge in [0.2, 0.25) is 0 Å². The third-order valence-corrected chi connectivity index (χ3v) is 4.50. The van der Waals surface area contributed by atoms with E-state index in [2.05, 4.69) is 11.1 Å². The highest BCUT2D eigenvalue weighted by Gasteiger charge is 2.26. The van der Waals surface area contributed by atoms with E-state index in [1.165, 1.54) is 0 Å². The molecule has 4 rings (SSSR count). The first-order valence-corrected chi connectivity index (χ1v) is 7.66. The highest BCUT2D eigenvalue weighted by Crippen LogP contribution is 2.36. The van der Waals surface area contributed by atoms with E-state index in [1.54, 1.807) is 0 Å². The van der Waals surface area contributed by atoms with Gasteiger partial charge < -0.3 is 9.72 Å². The largest absolute Gasteiger partial charge is 0.493 e. The fourth-order valence-corrected chi connectivity index (χ4v) is 3.41. The summed E-state index contributed by atoms with van der Waals surface area (Å²) in [6.07, 6.45) is 4.88. The molecule has 4 nitrogen and oxygen atoms in total. The molecule has 0 bridgehead atoms. The van der Waals surface area contributed by atoms with E-state index >= 15 is 0 Å². The molecule has 108 valence electrons. The second-order valence-corrected chi connectivity index (χ2v) is 5.81. The molecule has 21 heavy (non-hydrogen) atoms. The standard InChI is InChI=1S/C17H18N2O2/c20-17-13-6-1-3-7-14(13)18-16(19-17)12-9-10-21-15-8-4-2-5-11(12)15/h2,4-5,8,12H,1,3,6-7,9-10H2,(H,18,19,20). The quantitative estimate of drug-likeness (QED) is 0.874. The Morgan fingerprint density at radius 3 is 3.00 bits per heavy atom.